The number of carboxylic acid groups (broad SMARTS) is 1. The first-order chi connectivity index (χ1) is 8.16. The van der Waals surface area contributed by atoms with Gasteiger partial charge in [0.05, 0.1) is 6.20 Å². The van der Waals surface area contributed by atoms with Gasteiger partial charge in [0.1, 0.15) is 5.82 Å². The summed E-state index contributed by atoms with van der Waals surface area (Å²) in [5, 5.41) is 14.5. The minimum absolute atomic E-state index is 0.0209. The third-order valence-electron chi connectivity index (χ3n) is 1.87. The summed E-state index contributed by atoms with van der Waals surface area (Å²) >= 11 is 0. The van der Waals surface area contributed by atoms with E-state index in [0.717, 1.165) is 0 Å². The number of hydrogen-bond donors (Lipinski definition) is 2. The third kappa shape index (κ3) is 2.46. The Balaban J connectivity index is 2.16. The van der Waals surface area contributed by atoms with Crippen molar-refractivity contribution in [2.45, 2.75) is 0 Å². The van der Waals surface area contributed by atoms with Gasteiger partial charge in [0.15, 0.2) is 5.69 Å². The molecule has 0 radical (unpaired) electrons. The Morgan fingerprint density at radius 3 is 2.76 bits per heavy atom. The highest BCUT2D eigenvalue weighted by molar-refractivity contribution is 6.01. The molecule has 2 aromatic heterocycles. The lowest BCUT2D eigenvalue weighted by atomic mass is 10.3. The monoisotopic (exact) mass is 233 g/mol. The van der Waals surface area contributed by atoms with Crippen molar-refractivity contribution in [3.8, 4) is 0 Å². The van der Waals surface area contributed by atoms with Crippen molar-refractivity contribution in [2.24, 2.45) is 0 Å². The number of carbonyl (C=O) groups excluding carboxylic acids is 1. The highest BCUT2D eigenvalue weighted by atomic mass is 16.5. The van der Waals surface area contributed by atoms with E-state index < -0.39 is 11.9 Å². The zero-order valence-electron chi connectivity index (χ0n) is 8.45. The van der Waals surface area contributed by atoms with Crippen LogP contribution in [0.15, 0.2) is 35.0 Å². The second-order valence-corrected chi connectivity index (χ2v) is 3.04. The fourth-order valence-corrected chi connectivity index (χ4v) is 1.13. The predicted molar refractivity (Wildman–Crippen MR) is 55.7 cm³/mol. The number of carbonyl (C=O) groups is 2. The molecule has 0 aliphatic carbocycles. The number of hydrogen-bond acceptors (Lipinski definition) is 5. The molecule has 0 saturated carbocycles. The molecule has 0 bridgehead atoms. The van der Waals surface area contributed by atoms with Crippen molar-refractivity contribution in [1.29, 1.82) is 0 Å². The molecule has 7 nitrogen and oxygen atoms in total. The van der Waals surface area contributed by atoms with Crippen molar-refractivity contribution in [3.63, 3.8) is 0 Å². The van der Waals surface area contributed by atoms with Gasteiger partial charge in [0.25, 0.3) is 5.91 Å². The summed E-state index contributed by atoms with van der Waals surface area (Å²) in [6, 6.07) is 5.66. The van der Waals surface area contributed by atoms with Crippen LogP contribution in [0.1, 0.15) is 21.0 Å². The smallest absolute Gasteiger partial charge is 0.354 e. The van der Waals surface area contributed by atoms with Crippen LogP contribution in [0.4, 0.5) is 5.82 Å². The van der Waals surface area contributed by atoms with Crippen LogP contribution in [0.3, 0.4) is 0 Å². The summed E-state index contributed by atoms with van der Waals surface area (Å²) in [7, 11) is 0. The molecule has 0 aromatic carbocycles. The molecule has 17 heavy (non-hydrogen) atoms. The van der Waals surface area contributed by atoms with Gasteiger partial charge in [-0.1, -0.05) is 11.2 Å². The molecule has 2 rings (SSSR count). The maximum absolute atomic E-state index is 11.5. The number of carboxylic acids is 1. The molecular formula is C10H7N3O4. The fraction of sp³-hybridized carbons (Fsp3) is 0. The number of amides is 1. The number of pyridine rings is 1. The number of rotatable bonds is 3. The van der Waals surface area contributed by atoms with Crippen LogP contribution < -0.4 is 5.32 Å². The molecule has 2 N–H and O–H groups in total. The van der Waals surface area contributed by atoms with Crippen LogP contribution >= 0.6 is 0 Å². The molecule has 7 heteroatoms. The quantitative estimate of drug-likeness (QED) is 0.819. The van der Waals surface area contributed by atoms with Crippen molar-refractivity contribution < 1.29 is 19.2 Å². The fourth-order valence-electron chi connectivity index (χ4n) is 1.13. The standard InChI is InChI=1S/C10H7N3O4/c14-9(7-4-5-11-17-7)13-8-3-1-2-6(12-8)10(15)16/h1-5H,(H,15,16)(H,12,13,14). The van der Waals surface area contributed by atoms with Gasteiger partial charge in [-0.3, -0.25) is 4.79 Å². The Morgan fingerprint density at radius 1 is 1.29 bits per heavy atom. The molecule has 0 atom stereocenters. The van der Waals surface area contributed by atoms with E-state index in [2.05, 4.69) is 20.0 Å². The molecule has 0 aliphatic heterocycles. The predicted octanol–water partition coefficient (Wildman–Crippen LogP) is 1.02. The van der Waals surface area contributed by atoms with Crippen LogP contribution in [-0.2, 0) is 0 Å². The Hall–Kier alpha value is -2.70. The minimum Gasteiger partial charge on any atom is -0.477 e. The number of aromatic carboxylic acids is 1. The summed E-state index contributed by atoms with van der Waals surface area (Å²) in [6.45, 7) is 0. The Bertz CT molecular complexity index is 550. The maximum atomic E-state index is 11.5. The molecule has 0 spiro atoms. The normalized spacial score (nSPS) is 9.88. The van der Waals surface area contributed by atoms with Gasteiger partial charge in [-0.05, 0) is 12.1 Å². The van der Waals surface area contributed by atoms with Crippen molar-refractivity contribution in [2.75, 3.05) is 5.32 Å². The summed E-state index contributed by atoms with van der Waals surface area (Å²) in [5.74, 6) is -1.56. The van der Waals surface area contributed by atoms with Crippen molar-refractivity contribution in [3.05, 3.63) is 41.9 Å². The number of nitrogens with zero attached hydrogens (tertiary/aromatic N) is 2. The van der Waals surface area contributed by atoms with Crippen LogP contribution in [0, 0.1) is 0 Å². The summed E-state index contributed by atoms with van der Waals surface area (Å²) in [6.07, 6.45) is 1.33. The first-order valence-electron chi connectivity index (χ1n) is 4.59. The Labute approximate surface area is 95.1 Å². The molecule has 2 aromatic rings. The Kier molecular flexibility index (Phi) is 2.82. The maximum Gasteiger partial charge on any atom is 0.354 e. The molecule has 0 aliphatic rings. The summed E-state index contributed by atoms with van der Waals surface area (Å²) in [4.78, 5) is 25.9. The number of anilines is 1. The van der Waals surface area contributed by atoms with E-state index >= 15 is 0 Å². The summed E-state index contributed by atoms with van der Waals surface area (Å²) in [5.41, 5.74) is -0.152. The van der Waals surface area contributed by atoms with Gasteiger partial charge in [-0.15, -0.1) is 0 Å². The number of aromatic nitrogens is 2. The average Bonchev–Trinajstić information content (AvgIpc) is 2.82. The molecule has 0 fully saturated rings. The Morgan fingerprint density at radius 2 is 2.12 bits per heavy atom. The zero-order valence-corrected chi connectivity index (χ0v) is 8.45. The minimum atomic E-state index is -1.17. The van der Waals surface area contributed by atoms with Gasteiger partial charge < -0.3 is 14.9 Å². The van der Waals surface area contributed by atoms with Crippen molar-refractivity contribution in [1.82, 2.24) is 10.1 Å². The number of nitrogens with one attached hydrogen (secondary N) is 1. The van der Waals surface area contributed by atoms with E-state index in [1.807, 2.05) is 0 Å². The van der Waals surface area contributed by atoms with Gasteiger partial charge in [-0.2, -0.15) is 0 Å². The average molecular weight is 233 g/mol. The van der Waals surface area contributed by atoms with E-state index in [4.69, 9.17) is 5.11 Å². The zero-order chi connectivity index (χ0) is 12.3. The van der Waals surface area contributed by atoms with E-state index in [0.29, 0.717) is 0 Å². The van der Waals surface area contributed by atoms with Crippen LogP contribution in [0.5, 0.6) is 0 Å². The third-order valence-corrected chi connectivity index (χ3v) is 1.87. The molecule has 1 amide bonds. The lowest BCUT2D eigenvalue weighted by Crippen LogP contribution is -2.13. The lowest BCUT2D eigenvalue weighted by molar-refractivity contribution is 0.0690. The lowest BCUT2D eigenvalue weighted by Gasteiger charge is -2.02. The second kappa shape index (κ2) is 4.44. The first-order valence-corrected chi connectivity index (χ1v) is 4.59. The topological polar surface area (TPSA) is 105 Å². The van der Waals surface area contributed by atoms with Gasteiger partial charge >= 0.3 is 5.97 Å². The van der Waals surface area contributed by atoms with Crippen LogP contribution in [0.25, 0.3) is 0 Å². The second-order valence-electron chi connectivity index (χ2n) is 3.04. The van der Waals surface area contributed by atoms with Gasteiger partial charge in [0.2, 0.25) is 5.76 Å². The molecular weight excluding hydrogens is 226 g/mol. The van der Waals surface area contributed by atoms with E-state index in [1.54, 1.807) is 0 Å². The first kappa shape index (κ1) is 10.8. The molecule has 2 heterocycles. The van der Waals surface area contributed by atoms with Gasteiger partial charge in [-0.25, -0.2) is 9.78 Å². The van der Waals surface area contributed by atoms with Gasteiger partial charge in [0, 0.05) is 6.07 Å². The van der Waals surface area contributed by atoms with E-state index in [9.17, 15) is 9.59 Å². The SMILES string of the molecule is O=C(O)c1cccc(NC(=O)c2ccno2)n1. The van der Waals surface area contributed by atoms with Crippen molar-refractivity contribution >= 4 is 17.7 Å². The highest BCUT2D eigenvalue weighted by Gasteiger charge is 2.11. The molecule has 86 valence electrons. The van der Waals surface area contributed by atoms with E-state index in [-0.39, 0.29) is 17.3 Å². The summed E-state index contributed by atoms with van der Waals surface area (Å²) < 4.78 is 4.64. The molecule has 0 saturated heterocycles. The van der Waals surface area contributed by atoms with E-state index in [1.165, 1.54) is 30.5 Å². The largest absolute Gasteiger partial charge is 0.477 e. The molecule has 0 unspecified atom stereocenters. The van der Waals surface area contributed by atoms with Crippen LogP contribution in [-0.4, -0.2) is 27.1 Å². The highest BCUT2D eigenvalue weighted by Crippen LogP contribution is 2.07. The van der Waals surface area contributed by atoms with Crippen LogP contribution in [0.2, 0.25) is 0 Å².